The summed E-state index contributed by atoms with van der Waals surface area (Å²) in [4.78, 5) is 4.94. The highest BCUT2D eigenvalue weighted by Gasteiger charge is 2.33. The van der Waals surface area contributed by atoms with Crippen LogP contribution in [0.15, 0.2) is 24.3 Å². The Morgan fingerprint density at radius 1 is 1.28 bits per heavy atom. The fraction of sp³-hybridized carbons (Fsp3) is 0.571. The molecule has 1 aromatic rings. The summed E-state index contributed by atoms with van der Waals surface area (Å²) in [5, 5.41) is 3.63. The number of rotatable bonds is 2. The lowest BCUT2D eigenvalue weighted by atomic mass is 10.1. The van der Waals surface area contributed by atoms with E-state index in [-0.39, 0.29) is 0 Å². The molecule has 0 spiro atoms. The molecular formula is C14H22N4. The molecule has 1 saturated heterocycles. The number of fused-ring (bicyclic) bond motifs is 1. The van der Waals surface area contributed by atoms with Gasteiger partial charge in [0.2, 0.25) is 0 Å². The lowest BCUT2D eigenvalue weighted by Crippen LogP contribution is -2.54. The summed E-state index contributed by atoms with van der Waals surface area (Å²) in [6.07, 6.45) is 2.51. The second-order valence-corrected chi connectivity index (χ2v) is 5.19. The topological polar surface area (TPSA) is 44.5 Å². The molecule has 4 heteroatoms. The van der Waals surface area contributed by atoms with Crippen molar-refractivity contribution in [2.75, 3.05) is 29.9 Å². The SMILES string of the molecule is CCN1c2ccccc2NC1N1CCC(N)CC1. The molecule has 1 unspecified atom stereocenters. The van der Waals surface area contributed by atoms with Crippen molar-refractivity contribution in [2.45, 2.75) is 32.1 Å². The number of anilines is 2. The van der Waals surface area contributed by atoms with Crippen LogP contribution < -0.4 is 16.0 Å². The number of nitrogens with two attached hydrogens (primary N) is 1. The quantitative estimate of drug-likeness (QED) is 0.833. The predicted molar refractivity (Wildman–Crippen MR) is 75.7 cm³/mol. The molecule has 0 aromatic heterocycles. The Hall–Kier alpha value is -1.26. The summed E-state index contributed by atoms with van der Waals surface area (Å²) in [5.41, 5.74) is 8.55. The number of benzene rings is 1. The molecule has 98 valence electrons. The first-order valence-electron chi connectivity index (χ1n) is 6.91. The van der Waals surface area contributed by atoms with Gasteiger partial charge in [0.1, 0.15) is 0 Å². The van der Waals surface area contributed by atoms with E-state index < -0.39 is 0 Å². The summed E-state index contributed by atoms with van der Waals surface area (Å²) in [6.45, 7) is 5.41. The van der Waals surface area contributed by atoms with Crippen molar-refractivity contribution in [3.8, 4) is 0 Å². The zero-order valence-corrected chi connectivity index (χ0v) is 11.0. The van der Waals surface area contributed by atoms with Gasteiger partial charge in [-0.2, -0.15) is 0 Å². The molecular weight excluding hydrogens is 224 g/mol. The van der Waals surface area contributed by atoms with Crippen LogP contribution in [-0.2, 0) is 0 Å². The number of likely N-dealkylation sites (tertiary alicyclic amines) is 1. The highest BCUT2D eigenvalue weighted by molar-refractivity contribution is 5.75. The van der Waals surface area contributed by atoms with Gasteiger partial charge in [0.25, 0.3) is 0 Å². The van der Waals surface area contributed by atoms with Crippen LogP contribution >= 0.6 is 0 Å². The van der Waals surface area contributed by atoms with Crippen LogP contribution in [0, 0.1) is 0 Å². The first-order chi connectivity index (χ1) is 8.79. The van der Waals surface area contributed by atoms with Crippen molar-refractivity contribution >= 4 is 11.4 Å². The highest BCUT2D eigenvalue weighted by Crippen LogP contribution is 2.35. The smallest absolute Gasteiger partial charge is 0.158 e. The maximum Gasteiger partial charge on any atom is 0.158 e. The molecule has 0 radical (unpaired) electrons. The molecule has 2 heterocycles. The van der Waals surface area contributed by atoms with Gasteiger partial charge in [-0.25, -0.2) is 0 Å². The average molecular weight is 246 g/mol. The van der Waals surface area contributed by atoms with Crippen LogP contribution in [0.4, 0.5) is 11.4 Å². The van der Waals surface area contributed by atoms with Crippen molar-refractivity contribution in [3.05, 3.63) is 24.3 Å². The summed E-state index contributed by atoms with van der Waals surface area (Å²) in [6, 6.07) is 8.95. The molecule has 0 bridgehead atoms. The standard InChI is InChI=1S/C14H22N4/c1-2-18-13-6-4-3-5-12(13)16-14(18)17-9-7-11(15)8-10-17/h3-6,11,14,16H,2,7-10,15H2,1H3. The van der Waals surface area contributed by atoms with Crippen molar-refractivity contribution in [3.63, 3.8) is 0 Å². The number of hydrogen-bond donors (Lipinski definition) is 2. The summed E-state index contributed by atoms with van der Waals surface area (Å²) >= 11 is 0. The lowest BCUT2D eigenvalue weighted by molar-refractivity contribution is 0.168. The molecule has 0 saturated carbocycles. The van der Waals surface area contributed by atoms with Crippen molar-refractivity contribution in [2.24, 2.45) is 5.73 Å². The third-order valence-electron chi connectivity index (χ3n) is 4.05. The highest BCUT2D eigenvalue weighted by atomic mass is 15.5. The van der Waals surface area contributed by atoms with Crippen molar-refractivity contribution in [1.82, 2.24) is 4.90 Å². The van der Waals surface area contributed by atoms with Gasteiger partial charge in [-0.05, 0) is 31.9 Å². The van der Waals surface area contributed by atoms with Crippen LogP contribution in [0.1, 0.15) is 19.8 Å². The largest absolute Gasteiger partial charge is 0.351 e. The van der Waals surface area contributed by atoms with Gasteiger partial charge in [-0.15, -0.1) is 0 Å². The van der Waals surface area contributed by atoms with E-state index in [1.54, 1.807) is 0 Å². The number of hydrogen-bond acceptors (Lipinski definition) is 4. The molecule has 0 aliphatic carbocycles. The molecule has 18 heavy (non-hydrogen) atoms. The summed E-state index contributed by atoms with van der Waals surface area (Å²) < 4.78 is 0. The molecule has 2 aliphatic heterocycles. The Labute approximate surface area is 109 Å². The Bertz CT molecular complexity index is 412. The number of nitrogens with zero attached hydrogens (tertiary/aromatic N) is 2. The second-order valence-electron chi connectivity index (χ2n) is 5.19. The molecule has 2 aliphatic rings. The Morgan fingerprint density at radius 3 is 2.72 bits per heavy atom. The monoisotopic (exact) mass is 246 g/mol. The minimum absolute atomic E-state index is 0.305. The number of piperidine rings is 1. The maximum absolute atomic E-state index is 5.99. The first-order valence-corrected chi connectivity index (χ1v) is 6.91. The van der Waals surface area contributed by atoms with Gasteiger partial charge in [0.05, 0.1) is 11.4 Å². The van der Waals surface area contributed by atoms with E-state index in [9.17, 15) is 0 Å². The zero-order valence-electron chi connectivity index (χ0n) is 11.0. The molecule has 1 atom stereocenters. The fourth-order valence-corrected chi connectivity index (χ4v) is 2.99. The van der Waals surface area contributed by atoms with E-state index in [2.05, 4.69) is 46.3 Å². The van der Waals surface area contributed by atoms with E-state index in [1.165, 1.54) is 11.4 Å². The Kier molecular flexibility index (Phi) is 3.14. The van der Waals surface area contributed by atoms with Crippen molar-refractivity contribution in [1.29, 1.82) is 0 Å². The second kappa shape index (κ2) is 4.78. The van der Waals surface area contributed by atoms with E-state index in [1.807, 2.05) is 0 Å². The average Bonchev–Trinajstić information content (AvgIpc) is 2.78. The van der Waals surface area contributed by atoms with Gasteiger partial charge in [-0.3, -0.25) is 4.90 Å². The van der Waals surface area contributed by atoms with Crippen LogP contribution in [0.5, 0.6) is 0 Å². The number of para-hydroxylation sites is 2. The molecule has 4 nitrogen and oxygen atoms in total. The van der Waals surface area contributed by atoms with Gasteiger partial charge >= 0.3 is 0 Å². The molecule has 3 N–H and O–H groups in total. The molecule has 0 amide bonds. The van der Waals surface area contributed by atoms with Crippen LogP contribution in [-0.4, -0.2) is 36.9 Å². The summed E-state index contributed by atoms with van der Waals surface area (Å²) in [5.74, 6) is 0. The molecule has 1 aromatic carbocycles. The maximum atomic E-state index is 5.99. The third-order valence-corrected chi connectivity index (χ3v) is 4.05. The van der Waals surface area contributed by atoms with Crippen LogP contribution in [0.2, 0.25) is 0 Å². The minimum Gasteiger partial charge on any atom is -0.351 e. The molecule has 1 fully saturated rings. The Balaban J connectivity index is 1.79. The normalized spacial score (nSPS) is 25.0. The Morgan fingerprint density at radius 2 is 2.00 bits per heavy atom. The minimum atomic E-state index is 0.305. The fourth-order valence-electron chi connectivity index (χ4n) is 2.99. The van der Waals surface area contributed by atoms with Crippen LogP contribution in [0.25, 0.3) is 0 Å². The number of nitrogens with one attached hydrogen (secondary N) is 1. The van der Waals surface area contributed by atoms with Gasteiger partial charge < -0.3 is 16.0 Å². The van der Waals surface area contributed by atoms with E-state index in [0.29, 0.717) is 12.3 Å². The summed E-state index contributed by atoms with van der Waals surface area (Å²) in [7, 11) is 0. The van der Waals surface area contributed by atoms with E-state index in [4.69, 9.17) is 5.73 Å². The lowest BCUT2D eigenvalue weighted by Gasteiger charge is -2.39. The van der Waals surface area contributed by atoms with Gasteiger partial charge in [0.15, 0.2) is 6.29 Å². The van der Waals surface area contributed by atoms with Crippen LogP contribution in [0.3, 0.4) is 0 Å². The van der Waals surface area contributed by atoms with Gasteiger partial charge in [-0.1, -0.05) is 12.1 Å². The first kappa shape index (κ1) is 11.8. The van der Waals surface area contributed by atoms with E-state index >= 15 is 0 Å². The van der Waals surface area contributed by atoms with Gasteiger partial charge in [0, 0.05) is 25.7 Å². The molecule has 3 rings (SSSR count). The predicted octanol–water partition coefficient (Wildman–Crippen LogP) is 1.65. The van der Waals surface area contributed by atoms with Crippen molar-refractivity contribution < 1.29 is 0 Å². The van der Waals surface area contributed by atoms with E-state index in [0.717, 1.165) is 32.5 Å². The zero-order chi connectivity index (χ0) is 12.5. The third kappa shape index (κ3) is 1.95.